The molecule has 0 spiro atoms. The Morgan fingerprint density at radius 3 is 2.69 bits per heavy atom. The van der Waals surface area contributed by atoms with Gasteiger partial charge in [0.05, 0.1) is 6.42 Å². The highest BCUT2D eigenvalue weighted by Crippen LogP contribution is 2.27. The van der Waals surface area contributed by atoms with E-state index < -0.39 is 12.6 Å². The van der Waals surface area contributed by atoms with Gasteiger partial charge in [0.25, 0.3) is 0 Å². The highest BCUT2D eigenvalue weighted by atomic mass is 19.4. The van der Waals surface area contributed by atoms with E-state index in [1.54, 1.807) is 0 Å². The smallest absolute Gasteiger partial charge is 0.316 e. The molecule has 0 aromatic heterocycles. The van der Waals surface area contributed by atoms with E-state index in [1.165, 1.54) is 5.57 Å². The van der Waals surface area contributed by atoms with Crippen molar-refractivity contribution in [2.24, 2.45) is 11.8 Å². The molecule has 94 valence electrons. The van der Waals surface area contributed by atoms with Crippen LogP contribution in [0.1, 0.15) is 33.1 Å². The second-order valence-electron chi connectivity index (χ2n) is 4.87. The second kappa shape index (κ2) is 5.71. The SMILES string of the molecule is CC1=CC(C)CC(CNCCC(F)(F)F)C1. The van der Waals surface area contributed by atoms with Crippen molar-refractivity contribution in [1.82, 2.24) is 5.32 Å². The van der Waals surface area contributed by atoms with E-state index in [2.05, 4.69) is 25.2 Å². The Labute approximate surface area is 95.1 Å². The zero-order valence-electron chi connectivity index (χ0n) is 9.90. The fourth-order valence-corrected chi connectivity index (χ4v) is 2.38. The maximum atomic E-state index is 11.9. The molecule has 0 saturated carbocycles. The van der Waals surface area contributed by atoms with Gasteiger partial charge in [-0.1, -0.05) is 18.6 Å². The second-order valence-corrected chi connectivity index (χ2v) is 4.87. The van der Waals surface area contributed by atoms with E-state index in [1.807, 2.05) is 0 Å². The van der Waals surface area contributed by atoms with Crippen molar-refractivity contribution >= 4 is 0 Å². The van der Waals surface area contributed by atoms with Gasteiger partial charge in [-0.3, -0.25) is 0 Å². The van der Waals surface area contributed by atoms with E-state index in [-0.39, 0.29) is 6.54 Å². The molecule has 16 heavy (non-hydrogen) atoms. The van der Waals surface area contributed by atoms with Crippen molar-refractivity contribution in [3.63, 3.8) is 0 Å². The summed E-state index contributed by atoms with van der Waals surface area (Å²) in [4.78, 5) is 0. The Morgan fingerprint density at radius 2 is 2.12 bits per heavy atom. The third-order valence-corrected chi connectivity index (χ3v) is 2.90. The normalized spacial score (nSPS) is 26.7. The first kappa shape index (κ1) is 13.6. The topological polar surface area (TPSA) is 12.0 Å². The summed E-state index contributed by atoms with van der Waals surface area (Å²) in [5.74, 6) is 1.05. The molecule has 0 fully saturated rings. The molecule has 0 saturated heterocycles. The van der Waals surface area contributed by atoms with Crippen LogP contribution < -0.4 is 5.32 Å². The summed E-state index contributed by atoms with van der Waals surface area (Å²) in [7, 11) is 0. The Morgan fingerprint density at radius 1 is 1.44 bits per heavy atom. The van der Waals surface area contributed by atoms with Gasteiger partial charge in [-0.25, -0.2) is 0 Å². The molecular weight excluding hydrogens is 215 g/mol. The van der Waals surface area contributed by atoms with Crippen LogP contribution in [0.25, 0.3) is 0 Å². The molecule has 1 aliphatic carbocycles. The Hall–Kier alpha value is -0.510. The van der Waals surface area contributed by atoms with Crippen molar-refractivity contribution in [3.05, 3.63) is 11.6 Å². The minimum absolute atomic E-state index is 0.0388. The van der Waals surface area contributed by atoms with Crippen LogP contribution >= 0.6 is 0 Å². The summed E-state index contributed by atoms with van der Waals surface area (Å²) < 4.78 is 35.7. The molecule has 0 aromatic rings. The van der Waals surface area contributed by atoms with Gasteiger partial charge in [0.15, 0.2) is 0 Å². The molecule has 1 nitrogen and oxygen atoms in total. The molecule has 4 heteroatoms. The van der Waals surface area contributed by atoms with E-state index in [4.69, 9.17) is 0 Å². The van der Waals surface area contributed by atoms with Gasteiger partial charge in [0.1, 0.15) is 0 Å². The fraction of sp³-hybridized carbons (Fsp3) is 0.833. The summed E-state index contributed by atoms with van der Waals surface area (Å²) in [6, 6.07) is 0. The third-order valence-electron chi connectivity index (χ3n) is 2.90. The van der Waals surface area contributed by atoms with Gasteiger partial charge < -0.3 is 5.32 Å². The number of rotatable bonds is 4. The predicted molar refractivity (Wildman–Crippen MR) is 59.2 cm³/mol. The molecular formula is C12H20F3N. The molecule has 0 aliphatic heterocycles. The van der Waals surface area contributed by atoms with E-state index >= 15 is 0 Å². The van der Waals surface area contributed by atoms with E-state index in [0.29, 0.717) is 18.4 Å². The quantitative estimate of drug-likeness (QED) is 0.580. The van der Waals surface area contributed by atoms with Gasteiger partial charge in [-0.15, -0.1) is 0 Å². The highest BCUT2D eigenvalue weighted by molar-refractivity contribution is 5.06. The van der Waals surface area contributed by atoms with Crippen LogP contribution in [0, 0.1) is 11.8 Å². The van der Waals surface area contributed by atoms with Crippen molar-refractivity contribution in [2.45, 2.75) is 39.3 Å². The molecule has 1 rings (SSSR count). The first-order chi connectivity index (χ1) is 7.37. The van der Waals surface area contributed by atoms with Crippen LogP contribution in [0.2, 0.25) is 0 Å². The highest BCUT2D eigenvalue weighted by Gasteiger charge is 2.26. The van der Waals surface area contributed by atoms with Gasteiger partial charge >= 0.3 is 6.18 Å². The summed E-state index contributed by atoms with van der Waals surface area (Å²) in [6.45, 7) is 4.99. The van der Waals surface area contributed by atoms with Crippen molar-refractivity contribution in [2.75, 3.05) is 13.1 Å². The molecule has 2 unspecified atom stereocenters. The van der Waals surface area contributed by atoms with Gasteiger partial charge in [-0.2, -0.15) is 13.2 Å². The number of hydrogen-bond donors (Lipinski definition) is 1. The molecule has 2 atom stereocenters. The molecule has 0 heterocycles. The van der Waals surface area contributed by atoms with Crippen molar-refractivity contribution in [3.8, 4) is 0 Å². The Balaban J connectivity index is 2.17. The summed E-state index contributed by atoms with van der Waals surface area (Å²) in [5.41, 5.74) is 1.36. The zero-order valence-corrected chi connectivity index (χ0v) is 9.90. The first-order valence-corrected chi connectivity index (χ1v) is 5.81. The lowest BCUT2D eigenvalue weighted by molar-refractivity contribution is -0.133. The lowest BCUT2D eigenvalue weighted by atomic mass is 9.84. The number of hydrogen-bond acceptors (Lipinski definition) is 1. The average Bonchev–Trinajstić information content (AvgIpc) is 2.09. The predicted octanol–water partition coefficient (Wildman–Crippen LogP) is 3.52. The van der Waals surface area contributed by atoms with Gasteiger partial charge in [-0.05, 0) is 38.1 Å². The number of nitrogens with one attached hydrogen (secondary N) is 1. The Kier molecular flexibility index (Phi) is 4.84. The van der Waals surface area contributed by atoms with Crippen molar-refractivity contribution < 1.29 is 13.2 Å². The molecule has 0 amide bonds. The van der Waals surface area contributed by atoms with Gasteiger partial charge in [0, 0.05) is 6.54 Å². The minimum Gasteiger partial charge on any atom is -0.316 e. The monoisotopic (exact) mass is 235 g/mol. The van der Waals surface area contributed by atoms with Gasteiger partial charge in [0.2, 0.25) is 0 Å². The third kappa shape index (κ3) is 5.54. The van der Waals surface area contributed by atoms with Crippen LogP contribution in [0.4, 0.5) is 13.2 Å². The van der Waals surface area contributed by atoms with Crippen molar-refractivity contribution in [1.29, 1.82) is 0 Å². The molecule has 0 bridgehead atoms. The number of halogens is 3. The number of alkyl halides is 3. The van der Waals surface area contributed by atoms with Crippen LogP contribution in [0.15, 0.2) is 11.6 Å². The molecule has 1 N–H and O–H groups in total. The van der Waals surface area contributed by atoms with Crippen LogP contribution in [0.3, 0.4) is 0 Å². The summed E-state index contributed by atoms with van der Waals surface area (Å²) in [6.07, 6.45) is -0.418. The van der Waals surface area contributed by atoms with Crippen LogP contribution in [-0.2, 0) is 0 Å². The summed E-state index contributed by atoms with van der Waals surface area (Å²) in [5, 5.41) is 2.91. The van der Waals surface area contributed by atoms with Crippen LogP contribution in [0.5, 0.6) is 0 Å². The summed E-state index contributed by atoms with van der Waals surface area (Å²) >= 11 is 0. The fourth-order valence-electron chi connectivity index (χ4n) is 2.38. The molecule has 0 radical (unpaired) electrons. The van der Waals surface area contributed by atoms with E-state index in [0.717, 1.165) is 12.8 Å². The standard InChI is InChI=1S/C12H20F3N/c1-9-5-10(2)7-11(6-9)8-16-4-3-12(13,14)15/h5,9,11,16H,3-4,6-8H2,1-2H3. The Bertz CT molecular complexity index is 245. The largest absolute Gasteiger partial charge is 0.390 e. The average molecular weight is 235 g/mol. The van der Waals surface area contributed by atoms with Crippen LogP contribution in [-0.4, -0.2) is 19.3 Å². The maximum absolute atomic E-state index is 11.9. The number of allylic oxidation sites excluding steroid dienone is 2. The molecule has 0 aromatic carbocycles. The first-order valence-electron chi connectivity index (χ1n) is 5.81. The molecule has 1 aliphatic rings. The lowest BCUT2D eigenvalue weighted by Gasteiger charge is -2.25. The minimum atomic E-state index is -4.04. The maximum Gasteiger partial charge on any atom is 0.390 e. The lowest BCUT2D eigenvalue weighted by Crippen LogP contribution is -2.29. The van der Waals surface area contributed by atoms with E-state index in [9.17, 15) is 13.2 Å². The zero-order chi connectivity index (χ0) is 12.2.